The molecule has 1 atom stereocenters. The third-order valence-electron chi connectivity index (χ3n) is 2.46. The van der Waals surface area contributed by atoms with Gasteiger partial charge in [-0.2, -0.15) is 0 Å². The second-order valence-corrected chi connectivity index (χ2v) is 4.91. The quantitative estimate of drug-likeness (QED) is 0.865. The highest BCUT2D eigenvalue weighted by atomic mass is 35.5. The van der Waals surface area contributed by atoms with Crippen molar-refractivity contribution < 1.29 is 9.18 Å². The van der Waals surface area contributed by atoms with E-state index in [0.717, 1.165) is 5.56 Å². The van der Waals surface area contributed by atoms with Gasteiger partial charge >= 0.3 is 0 Å². The highest BCUT2D eigenvalue weighted by Crippen LogP contribution is 2.19. The van der Waals surface area contributed by atoms with Crippen molar-refractivity contribution in [3.63, 3.8) is 0 Å². The van der Waals surface area contributed by atoms with E-state index >= 15 is 0 Å². The van der Waals surface area contributed by atoms with Gasteiger partial charge < -0.3 is 10.6 Å². The van der Waals surface area contributed by atoms with Crippen LogP contribution >= 0.6 is 11.6 Å². The zero-order chi connectivity index (χ0) is 13.7. The zero-order valence-electron chi connectivity index (χ0n) is 10.8. The maximum absolute atomic E-state index is 13.3. The molecule has 1 aromatic carbocycles. The largest absolute Gasteiger partial charge is 0.353 e. The first-order valence-corrected chi connectivity index (χ1v) is 6.25. The van der Waals surface area contributed by atoms with Gasteiger partial charge in [0.25, 0.3) is 0 Å². The van der Waals surface area contributed by atoms with Gasteiger partial charge in [0, 0.05) is 12.1 Å². The van der Waals surface area contributed by atoms with Gasteiger partial charge in [0.1, 0.15) is 5.82 Å². The van der Waals surface area contributed by atoms with Crippen LogP contribution in [-0.4, -0.2) is 18.5 Å². The molecule has 100 valence electrons. The molecule has 5 heteroatoms. The van der Waals surface area contributed by atoms with Crippen LogP contribution in [-0.2, 0) is 4.79 Å². The molecule has 0 aliphatic heterocycles. The smallest absolute Gasteiger partial charge is 0.234 e. The lowest BCUT2D eigenvalue weighted by Gasteiger charge is -2.15. The first-order chi connectivity index (χ1) is 8.40. The van der Waals surface area contributed by atoms with E-state index in [-0.39, 0.29) is 29.6 Å². The fraction of sp³-hybridized carbons (Fsp3) is 0.462. The molecule has 0 fully saturated rings. The van der Waals surface area contributed by atoms with Gasteiger partial charge in [0.05, 0.1) is 11.6 Å². The Morgan fingerprint density at radius 3 is 2.61 bits per heavy atom. The fourth-order valence-electron chi connectivity index (χ4n) is 1.52. The molecule has 2 N–H and O–H groups in total. The Kier molecular flexibility index (Phi) is 5.56. The van der Waals surface area contributed by atoms with E-state index in [2.05, 4.69) is 10.6 Å². The van der Waals surface area contributed by atoms with Crippen LogP contribution in [0.5, 0.6) is 0 Å². The van der Waals surface area contributed by atoms with Crippen LogP contribution in [0.3, 0.4) is 0 Å². The topological polar surface area (TPSA) is 41.1 Å². The van der Waals surface area contributed by atoms with Crippen LogP contribution in [0.25, 0.3) is 0 Å². The number of carbonyl (C=O) groups is 1. The highest BCUT2D eigenvalue weighted by molar-refractivity contribution is 6.30. The van der Waals surface area contributed by atoms with Gasteiger partial charge in [-0.15, -0.1) is 0 Å². The summed E-state index contributed by atoms with van der Waals surface area (Å²) in [5.41, 5.74) is 0.759. The van der Waals surface area contributed by atoms with Crippen molar-refractivity contribution in [2.24, 2.45) is 0 Å². The number of nitrogens with one attached hydrogen (secondary N) is 2. The van der Waals surface area contributed by atoms with Crippen LogP contribution < -0.4 is 10.6 Å². The maximum atomic E-state index is 13.3. The molecule has 1 aromatic rings. The van der Waals surface area contributed by atoms with Crippen molar-refractivity contribution in [3.05, 3.63) is 34.6 Å². The first kappa shape index (κ1) is 14.9. The van der Waals surface area contributed by atoms with Crippen molar-refractivity contribution in [2.75, 3.05) is 6.54 Å². The molecule has 0 saturated heterocycles. The Labute approximate surface area is 112 Å². The lowest BCUT2D eigenvalue weighted by atomic mass is 10.1. The second kappa shape index (κ2) is 6.71. The monoisotopic (exact) mass is 272 g/mol. The minimum Gasteiger partial charge on any atom is -0.353 e. The molecular weight excluding hydrogens is 255 g/mol. The van der Waals surface area contributed by atoms with Crippen LogP contribution in [0.1, 0.15) is 32.4 Å². The van der Waals surface area contributed by atoms with Gasteiger partial charge in [-0.1, -0.05) is 17.7 Å². The zero-order valence-corrected chi connectivity index (χ0v) is 11.5. The molecule has 0 aliphatic rings. The SMILES string of the molecule is CC(C)NC(=O)CNC(C)c1ccc(Cl)c(F)c1. The molecule has 0 radical (unpaired) electrons. The Bertz CT molecular complexity index is 423. The number of benzene rings is 1. The summed E-state index contributed by atoms with van der Waals surface area (Å²) in [7, 11) is 0. The van der Waals surface area contributed by atoms with Crippen LogP contribution in [0.4, 0.5) is 4.39 Å². The van der Waals surface area contributed by atoms with Crippen LogP contribution in [0.15, 0.2) is 18.2 Å². The Morgan fingerprint density at radius 2 is 2.06 bits per heavy atom. The van der Waals surface area contributed by atoms with Crippen LogP contribution in [0.2, 0.25) is 5.02 Å². The van der Waals surface area contributed by atoms with Gasteiger partial charge in [0.2, 0.25) is 5.91 Å². The number of carbonyl (C=O) groups excluding carboxylic acids is 1. The summed E-state index contributed by atoms with van der Waals surface area (Å²) in [6.45, 7) is 5.86. The Morgan fingerprint density at radius 1 is 1.39 bits per heavy atom. The first-order valence-electron chi connectivity index (χ1n) is 5.88. The molecule has 0 aliphatic carbocycles. The average molecular weight is 273 g/mol. The summed E-state index contributed by atoms with van der Waals surface area (Å²) in [4.78, 5) is 11.4. The van der Waals surface area contributed by atoms with Crippen LogP contribution in [0, 0.1) is 5.82 Å². The van der Waals surface area contributed by atoms with E-state index in [4.69, 9.17) is 11.6 Å². The molecule has 0 aromatic heterocycles. The standard InChI is InChI=1S/C13H18ClFN2O/c1-8(2)17-13(18)7-16-9(3)10-4-5-11(14)12(15)6-10/h4-6,8-9,16H,7H2,1-3H3,(H,17,18). The predicted octanol–water partition coefficient (Wildman–Crippen LogP) is 2.65. The van der Waals surface area contributed by atoms with E-state index in [0.29, 0.717) is 0 Å². The third kappa shape index (κ3) is 4.63. The minimum absolute atomic E-state index is 0.0775. The molecule has 0 saturated carbocycles. The molecule has 0 spiro atoms. The molecular formula is C13H18ClFN2O. The summed E-state index contributed by atoms with van der Waals surface area (Å²) in [5, 5.41) is 5.90. The molecule has 1 amide bonds. The van der Waals surface area contributed by atoms with Gasteiger partial charge in [-0.05, 0) is 38.5 Å². The Hall–Kier alpha value is -1.13. The fourth-order valence-corrected chi connectivity index (χ4v) is 1.64. The van der Waals surface area contributed by atoms with Gasteiger partial charge in [-0.3, -0.25) is 4.79 Å². The number of hydrogen-bond donors (Lipinski definition) is 2. The minimum atomic E-state index is -0.450. The third-order valence-corrected chi connectivity index (χ3v) is 2.77. The molecule has 18 heavy (non-hydrogen) atoms. The number of halogens is 2. The lowest BCUT2D eigenvalue weighted by molar-refractivity contribution is -0.120. The molecule has 1 rings (SSSR count). The van der Waals surface area contributed by atoms with E-state index in [1.165, 1.54) is 12.1 Å². The molecule has 1 unspecified atom stereocenters. The lowest BCUT2D eigenvalue weighted by Crippen LogP contribution is -2.38. The van der Waals surface area contributed by atoms with E-state index < -0.39 is 5.82 Å². The second-order valence-electron chi connectivity index (χ2n) is 4.50. The van der Waals surface area contributed by atoms with Gasteiger partial charge in [-0.25, -0.2) is 4.39 Å². The van der Waals surface area contributed by atoms with Crippen molar-refractivity contribution in [2.45, 2.75) is 32.9 Å². The van der Waals surface area contributed by atoms with Crippen molar-refractivity contribution in [3.8, 4) is 0 Å². The number of hydrogen-bond acceptors (Lipinski definition) is 2. The summed E-state index contributed by atoms with van der Waals surface area (Å²) < 4.78 is 13.3. The van der Waals surface area contributed by atoms with Gasteiger partial charge in [0.15, 0.2) is 0 Å². The number of rotatable bonds is 5. The van der Waals surface area contributed by atoms with E-state index in [1.54, 1.807) is 6.07 Å². The van der Waals surface area contributed by atoms with E-state index in [9.17, 15) is 9.18 Å². The van der Waals surface area contributed by atoms with E-state index in [1.807, 2.05) is 20.8 Å². The summed E-state index contributed by atoms with van der Waals surface area (Å²) >= 11 is 5.61. The molecule has 0 bridgehead atoms. The summed E-state index contributed by atoms with van der Waals surface area (Å²) in [6, 6.07) is 4.62. The number of amides is 1. The normalized spacial score (nSPS) is 12.6. The van der Waals surface area contributed by atoms with Crippen molar-refractivity contribution in [1.82, 2.24) is 10.6 Å². The Balaban J connectivity index is 2.52. The predicted molar refractivity (Wildman–Crippen MR) is 71.1 cm³/mol. The van der Waals surface area contributed by atoms with Crippen molar-refractivity contribution >= 4 is 17.5 Å². The summed E-state index contributed by atoms with van der Waals surface area (Å²) in [6.07, 6.45) is 0. The van der Waals surface area contributed by atoms with Crippen molar-refractivity contribution in [1.29, 1.82) is 0 Å². The highest BCUT2D eigenvalue weighted by Gasteiger charge is 2.10. The average Bonchev–Trinajstić information content (AvgIpc) is 2.28. The molecule has 0 heterocycles. The maximum Gasteiger partial charge on any atom is 0.234 e. The summed E-state index contributed by atoms with van der Waals surface area (Å²) in [5.74, 6) is -0.527. The molecule has 3 nitrogen and oxygen atoms in total.